The molecule has 3 atom stereocenters. The van der Waals surface area contributed by atoms with E-state index in [0.29, 0.717) is 24.1 Å². The number of carbonyl (C=O) groups is 2. The summed E-state index contributed by atoms with van der Waals surface area (Å²) >= 11 is 12.5. The summed E-state index contributed by atoms with van der Waals surface area (Å²) in [6, 6.07) is 11.4. The Labute approximate surface area is 269 Å². The normalized spacial score (nSPS) is 19.9. The fraction of sp³-hybridized carbons (Fsp3) is 0.333. The van der Waals surface area contributed by atoms with E-state index < -0.39 is 47.4 Å². The van der Waals surface area contributed by atoms with Gasteiger partial charge in [-0.25, -0.2) is 9.18 Å². The number of fused-ring (bicyclic) bond motifs is 3. The molecule has 1 unspecified atom stereocenters. The molecule has 3 aromatic rings. The minimum atomic E-state index is -6.25. The average molecular weight is 688 g/mol. The molecule has 1 saturated heterocycles. The predicted molar refractivity (Wildman–Crippen MR) is 159 cm³/mol. The van der Waals surface area contributed by atoms with Gasteiger partial charge in [0, 0.05) is 24.1 Å². The van der Waals surface area contributed by atoms with Gasteiger partial charge in [0.2, 0.25) is 0 Å². The molecule has 1 aliphatic heterocycles. The quantitative estimate of drug-likeness (QED) is 0.263. The van der Waals surface area contributed by atoms with Crippen LogP contribution in [0.15, 0.2) is 61.2 Å². The Bertz CT molecular complexity index is 1710. The fourth-order valence-corrected chi connectivity index (χ4v) is 7.13. The lowest BCUT2D eigenvalue weighted by Gasteiger charge is -2.36. The van der Waals surface area contributed by atoms with Crippen LogP contribution in [-0.2, 0) is 18.5 Å². The summed E-state index contributed by atoms with van der Waals surface area (Å²) in [5.74, 6) is -2.78. The number of carbonyl (C=O) groups excluding carboxylic acids is 1. The Morgan fingerprint density at radius 2 is 1.50 bits per heavy atom. The highest BCUT2D eigenvalue weighted by molar-refractivity contribution is 6.37. The van der Waals surface area contributed by atoms with E-state index in [2.05, 4.69) is 6.58 Å². The zero-order valence-corrected chi connectivity index (χ0v) is 25.6. The Morgan fingerprint density at radius 3 is 2.07 bits per heavy atom. The third-order valence-corrected chi connectivity index (χ3v) is 9.49. The molecule has 1 amide bonds. The molecule has 0 spiro atoms. The van der Waals surface area contributed by atoms with Gasteiger partial charge in [0.05, 0.1) is 21.2 Å². The van der Waals surface area contributed by atoms with Gasteiger partial charge in [0.25, 0.3) is 5.91 Å². The largest absolute Gasteiger partial charge is 0.478 e. The van der Waals surface area contributed by atoms with Crippen molar-refractivity contribution in [3.8, 4) is 0 Å². The van der Waals surface area contributed by atoms with Crippen LogP contribution in [0.1, 0.15) is 67.8 Å². The third-order valence-electron chi connectivity index (χ3n) is 8.87. The summed E-state index contributed by atoms with van der Waals surface area (Å²) in [5, 5.41) is 9.00. The standard InChI is InChI=1S/C33H26Cl2F7NO3/c1-16(2)18-5-3-17(4-6-18)11-20-15-43(29(44)23-13-26(35)24(30(45)46)14-25(23)34)27-10-7-19-12-21(8-9-22(19)28(20)27)31(36,32(37,38)39)33(40,41)42/h3-6,8-9,12-14,20,27-28H,1,7,10-11,15H2,2H3,(H,45,46)/t20?,27-,28+/m1/s1. The minimum Gasteiger partial charge on any atom is -0.478 e. The predicted octanol–water partition coefficient (Wildman–Crippen LogP) is 9.43. The molecular formula is C33H26Cl2F7NO3. The molecule has 244 valence electrons. The summed E-state index contributed by atoms with van der Waals surface area (Å²) in [4.78, 5) is 27.0. The second-order valence-corrected chi connectivity index (χ2v) is 12.5. The Hall–Kier alpha value is -3.57. The van der Waals surface area contributed by atoms with Crippen LogP contribution >= 0.6 is 23.2 Å². The van der Waals surface area contributed by atoms with E-state index in [-0.39, 0.29) is 52.0 Å². The molecular weight excluding hydrogens is 662 g/mol. The number of aryl methyl sites for hydroxylation is 1. The summed E-state index contributed by atoms with van der Waals surface area (Å²) in [6.45, 7) is 5.90. The van der Waals surface area contributed by atoms with Crippen molar-refractivity contribution in [1.29, 1.82) is 0 Å². The number of halogens is 9. The van der Waals surface area contributed by atoms with Crippen molar-refractivity contribution >= 4 is 40.7 Å². The van der Waals surface area contributed by atoms with Crippen LogP contribution in [0.3, 0.4) is 0 Å². The van der Waals surface area contributed by atoms with E-state index in [0.717, 1.165) is 34.9 Å². The lowest BCUT2D eigenvalue weighted by atomic mass is 9.72. The minimum absolute atomic E-state index is 0.0214. The third kappa shape index (κ3) is 5.76. The molecule has 1 aliphatic carbocycles. The second kappa shape index (κ2) is 11.9. The number of hydrogen-bond donors (Lipinski definition) is 1. The molecule has 3 aromatic carbocycles. The molecule has 0 bridgehead atoms. The van der Waals surface area contributed by atoms with Crippen molar-refractivity contribution < 1.29 is 45.4 Å². The van der Waals surface area contributed by atoms with Crippen molar-refractivity contribution in [2.24, 2.45) is 5.92 Å². The summed E-state index contributed by atoms with van der Waals surface area (Å²) < 4.78 is 96.3. The number of aromatic carboxylic acids is 1. The van der Waals surface area contributed by atoms with Crippen LogP contribution in [0.2, 0.25) is 10.0 Å². The molecule has 5 rings (SSSR count). The average Bonchev–Trinajstić information content (AvgIpc) is 3.34. The van der Waals surface area contributed by atoms with Gasteiger partial charge in [-0.1, -0.05) is 77.8 Å². The van der Waals surface area contributed by atoms with E-state index in [9.17, 15) is 45.4 Å². The number of alkyl halides is 7. The maximum atomic E-state index is 15.0. The van der Waals surface area contributed by atoms with Crippen LogP contribution < -0.4 is 0 Å². The number of carboxylic acids is 1. The first-order chi connectivity index (χ1) is 21.3. The number of hydrogen-bond acceptors (Lipinski definition) is 2. The number of nitrogens with zero attached hydrogens (tertiary/aromatic N) is 1. The highest BCUT2D eigenvalue weighted by atomic mass is 35.5. The van der Waals surface area contributed by atoms with Gasteiger partial charge in [0.15, 0.2) is 0 Å². The SMILES string of the molecule is C=C(C)c1ccc(CC2CN(C(=O)c3cc(Cl)c(C(=O)O)cc3Cl)[C@@H]3CCc4cc(C(F)(C(F)(F)F)C(F)(F)F)ccc4[C@H]23)cc1. The Morgan fingerprint density at radius 1 is 0.913 bits per heavy atom. The van der Waals surface area contributed by atoms with E-state index >= 15 is 0 Å². The number of amides is 1. The van der Waals surface area contributed by atoms with E-state index in [4.69, 9.17) is 23.2 Å². The zero-order chi connectivity index (χ0) is 33.9. The molecule has 13 heteroatoms. The van der Waals surface area contributed by atoms with Gasteiger partial charge in [-0.2, -0.15) is 26.3 Å². The van der Waals surface area contributed by atoms with Gasteiger partial charge >= 0.3 is 24.0 Å². The second-order valence-electron chi connectivity index (χ2n) is 11.7. The summed E-state index contributed by atoms with van der Waals surface area (Å²) in [7, 11) is 0. The van der Waals surface area contributed by atoms with Crippen molar-refractivity contribution in [2.45, 2.75) is 56.2 Å². The van der Waals surface area contributed by atoms with Crippen LogP contribution in [0.25, 0.3) is 5.57 Å². The summed E-state index contributed by atoms with van der Waals surface area (Å²) in [5.41, 5.74) is -4.30. The number of likely N-dealkylation sites (tertiary alicyclic amines) is 1. The highest BCUT2D eigenvalue weighted by Crippen LogP contribution is 2.55. The molecule has 46 heavy (non-hydrogen) atoms. The lowest BCUT2D eigenvalue weighted by Crippen LogP contribution is -2.50. The first kappa shape index (κ1) is 33.8. The molecule has 1 heterocycles. The van der Waals surface area contributed by atoms with Crippen molar-refractivity contribution in [3.63, 3.8) is 0 Å². The molecule has 0 aromatic heterocycles. The number of rotatable bonds is 6. The lowest BCUT2D eigenvalue weighted by molar-refractivity contribution is -0.348. The number of allylic oxidation sites excluding steroid dienone is 1. The van der Waals surface area contributed by atoms with E-state index in [1.165, 1.54) is 4.90 Å². The van der Waals surface area contributed by atoms with Crippen molar-refractivity contribution in [1.82, 2.24) is 4.90 Å². The topological polar surface area (TPSA) is 57.6 Å². The zero-order valence-electron chi connectivity index (χ0n) is 24.1. The summed E-state index contributed by atoms with van der Waals surface area (Å²) in [6.07, 6.45) is -12.0. The Kier molecular flexibility index (Phi) is 8.74. The highest BCUT2D eigenvalue weighted by Gasteiger charge is 2.73. The number of benzene rings is 3. The Balaban J connectivity index is 1.57. The first-order valence-electron chi connectivity index (χ1n) is 14.1. The maximum absolute atomic E-state index is 15.0. The van der Waals surface area contributed by atoms with Crippen molar-refractivity contribution in [2.75, 3.05) is 6.54 Å². The molecule has 1 N–H and O–H groups in total. The maximum Gasteiger partial charge on any atom is 0.435 e. The van der Waals surface area contributed by atoms with Gasteiger partial charge in [-0.15, -0.1) is 0 Å². The van der Waals surface area contributed by atoms with Crippen LogP contribution in [0, 0.1) is 5.92 Å². The van der Waals surface area contributed by atoms with Gasteiger partial charge in [-0.05, 0) is 66.5 Å². The van der Waals surface area contributed by atoms with Crippen LogP contribution in [0.4, 0.5) is 30.7 Å². The van der Waals surface area contributed by atoms with Crippen molar-refractivity contribution in [3.05, 3.63) is 110 Å². The fourth-order valence-electron chi connectivity index (χ4n) is 6.64. The first-order valence-corrected chi connectivity index (χ1v) is 14.8. The molecule has 0 saturated carbocycles. The van der Waals surface area contributed by atoms with Gasteiger partial charge < -0.3 is 10.0 Å². The van der Waals surface area contributed by atoms with Gasteiger partial charge in [0.1, 0.15) is 0 Å². The molecule has 0 radical (unpaired) electrons. The van der Waals surface area contributed by atoms with E-state index in [1.807, 2.05) is 31.2 Å². The molecule has 4 nitrogen and oxygen atoms in total. The van der Waals surface area contributed by atoms with Crippen LogP contribution in [-0.4, -0.2) is 46.8 Å². The number of carboxylic acid groups (broad SMARTS) is 1. The smallest absolute Gasteiger partial charge is 0.435 e. The molecule has 1 fully saturated rings. The van der Waals surface area contributed by atoms with E-state index in [1.54, 1.807) is 0 Å². The monoisotopic (exact) mass is 687 g/mol. The van der Waals surface area contributed by atoms with Crippen LogP contribution in [0.5, 0.6) is 0 Å². The molecule has 2 aliphatic rings. The van der Waals surface area contributed by atoms with Gasteiger partial charge in [-0.3, -0.25) is 4.79 Å².